The maximum atomic E-state index is 12.4. The van der Waals surface area contributed by atoms with Crippen molar-refractivity contribution in [1.29, 1.82) is 5.26 Å². The molecule has 1 heterocycles. The Morgan fingerprint density at radius 2 is 2.05 bits per heavy atom. The van der Waals surface area contributed by atoms with Crippen LogP contribution in [0.1, 0.15) is 16.7 Å². The van der Waals surface area contributed by atoms with Crippen molar-refractivity contribution in [2.75, 3.05) is 12.4 Å². The topological polar surface area (TPSA) is 82.3 Å². The highest BCUT2D eigenvalue weighted by atomic mass is 35.5. The molecule has 6 heteroatoms. The number of nitrogens with zero attached hydrogens (tertiary/aromatic N) is 1. The molecule has 0 aromatic heterocycles. The molecule has 0 fully saturated rings. The summed E-state index contributed by atoms with van der Waals surface area (Å²) in [4.78, 5) is 12.4. The molecule has 1 amide bonds. The van der Waals surface area contributed by atoms with Crippen molar-refractivity contribution in [3.8, 4) is 11.8 Å². The summed E-state index contributed by atoms with van der Waals surface area (Å²) in [6.07, 6.45) is 0. The molecule has 0 bridgehead atoms. The van der Waals surface area contributed by atoms with E-state index in [1.165, 1.54) is 19.2 Å². The van der Waals surface area contributed by atoms with Crippen molar-refractivity contribution in [1.82, 2.24) is 0 Å². The van der Waals surface area contributed by atoms with Crippen LogP contribution in [0.5, 0.6) is 5.75 Å². The Morgan fingerprint density at radius 1 is 1.27 bits per heavy atom. The second-order valence-corrected chi connectivity index (χ2v) is 5.32. The number of carbonyl (C=O) groups excluding carboxylic acids is 1. The first kappa shape index (κ1) is 14.4. The van der Waals surface area contributed by atoms with E-state index in [2.05, 4.69) is 5.32 Å². The smallest absolute Gasteiger partial charge is 0.266 e. The molecule has 0 aliphatic carbocycles. The molecule has 1 atom stereocenters. The number of amides is 1. The molecule has 0 saturated carbocycles. The van der Waals surface area contributed by atoms with Crippen LogP contribution in [0.15, 0.2) is 36.4 Å². The normalized spacial score (nSPS) is 19.3. The van der Waals surface area contributed by atoms with Gasteiger partial charge in [-0.3, -0.25) is 4.79 Å². The Balaban J connectivity index is 2.30. The summed E-state index contributed by atoms with van der Waals surface area (Å²) in [5.41, 5.74) is -0.641. The maximum Gasteiger partial charge on any atom is 0.266 e. The number of nitriles is 1. The van der Waals surface area contributed by atoms with Crippen LogP contribution in [0, 0.1) is 11.3 Å². The minimum absolute atomic E-state index is 0.201. The lowest BCUT2D eigenvalue weighted by Gasteiger charge is -2.24. The molecule has 2 aromatic carbocycles. The van der Waals surface area contributed by atoms with E-state index in [-0.39, 0.29) is 5.56 Å². The van der Waals surface area contributed by atoms with E-state index in [9.17, 15) is 9.90 Å². The summed E-state index contributed by atoms with van der Waals surface area (Å²) in [6, 6.07) is 11.3. The van der Waals surface area contributed by atoms with Gasteiger partial charge in [-0.2, -0.15) is 5.26 Å². The monoisotopic (exact) mass is 314 g/mol. The van der Waals surface area contributed by atoms with Gasteiger partial charge in [-0.15, -0.1) is 0 Å². The molecule has 0 saturated heterocycles. The van der Waals surface area contributed by atoms with Crippen LogP contribution in [-0.4, -0.2) is 18.1 Å². The average molecular weight is 315 g/mol. The zero-order valence-corrected chi connectivity index (χ0v) is 12.3. The summed E-state index contributed by atoms with van der Waals surface area (Å²) in [5.74, 6) is -0.303. The van der Waals surface area contributed by atoms with Crippen molar-refractivity contribution in [3.63, 3.8) is 0 Å². The summed E-state index contributed by atoms with van der Waals surface area (Å²) in [6.45, 7) is 0. The molecule has 1 aliphatic rings. The molecule has 5 nitrogen and oxygen atoms in total. The minimum Gasteiger partial charge on any atom is -0.496 e. The van der Waals surface area contributed by atoms with Gasteiger partial charge in [-0.1, -0.05) is 11.6 Å². The molecular weight excluding hydrogens is 304 g/mol. The van der Waals surface area contributed by atoms with Crippen LogP contribution in [0.2, 0.25) is 5.02 Å². The maximum absolute atomic E-state index is 12.4. The van der Waals surface area contributed by atoms with Crippen molar-refractivity contribution in [2.24, 2.45) is 0 Å². The Labute approximate surface area is 131 Å². The highest BCUT2D eigenvalue weighted by molar-refractivity contribution is 6.31. The fourth-order valence-electron chi connectivity index (χ4n) is 2.59. The van der Waals surface area contributed by atoms with Crippen LogP contribution in [0.25, 0.3) is 0 Å². The number of fused-ring (bicyclic) bond motifs is 1. The molecule has 110 valence electrons. The Bertz CT molecular complexity index is 829. The first-order chi connectivity index (χ1) is 10.5. The molecule has 1 unspecified atom stereocenters. The van der Waals surface area contributed by atoms with Crippen LogP contribution < -0.4 is 10.1 Å². The zero-order valence-electron chi connectivity index (χ0n) is 11.6. The minimum atomic E-state index is -1.96. The second-order valence-electron chi connectivity index (χ2n) is 4.88. The molecule has 0 spiro atoms. The van der Waals surface area contributed by atoms with E-state index in [0.717, 1.165) is 0 Å². The van der Waals surface area contributed by atoms with Crippen LogP contribution >= 0.6 is 11.6 Å². The largest absolute Gasteiger partial charge is 0.496 e. The van der Waals surface area contributed by atoms with Crippen LogP contribution in [0.4, 0.5) is 5.69 Å². The second kappa shape index (κ2) is 5.02. The summed E-state index contributed by atoms with van der Waals surface area (Å²) in [5, 5.41) is 23.2. The number of rotatable bonds is 2. The summed E-state index contributed by atoms with van der Waals surface area (Å²) in [7, 11) is 1.43. The lowest BCUT2D eigenvalue weighted by Crippen LogP contribution is -2.35. The van der Waals surface area contributed by atoms with Crippen molar-refractivity contribution >= 4 is 23.2 Å². The Hall–Kier alpha value is -2.55. The van der Waals surface area contributed by atoms with E-state index in [1.54, 1.807) is 24.3 Å². The van der Waals surface area contributed by atoms with Gasteiger partial charge < -0.3 is 15.2 Å². The van der Waals surface area contributed by atoms with Crippen LogP contribution in [-0.2, 0) is 10.4 Å². The number of ether oxygens (including phenoxy) is 1. The third-order valence-corrected chi connectivity index (χ3v) is 3.90. The predicted octanol–water partition coefficient (Wildman–Crippen LogP) is 2.41. The number of carbonyl (C=O) groups is 1. The fraction of sp³-hybridized carbons (Fsp3) is 0.125. The van der Waals surface area contributed by atoms with Crippen molar-refractivity contribution in [2.45, 2.75) is 5.60 Å². The lowest BCUT2D eigenvalue weighted by molar-refractivity contribution is -0.129. The van der Waals surface area contributed by atoms with Gasteiger partial charge >= 0.3 is 0 Å². The number of hydrogen-bond acceptors (Lipinski definition) is 4. The Kier molecular flexibility index (Phi) is 3.28. The van der Waals surface area contributed by atoms with Gasteiger partial charge in [0, 0.05) is 21.8 Å². The van der Waals surface area contributed by atoms with Gasteiger partial charge in [0.1, 0.15) is 5.75 Å². The van der Waals surface area contributed by atoms with E-state index < -0.39 is 11.5 Å². The number of halogens is 1. The lowest BCUT2D eigenvalue weighted by atomic mass is 9.86. The summed E-state index contributed by atoms with van der Waals surface area (Å²) >= 11 is 5.98. The zero-order chi connectivity index (χ0) is 15.9. The van der Waals surface area contributed by atoms with Gasteiger partial charge in [-0.05, 0) is 36.4 Å². The molecule has 22 heavy (non-hydrogen) atoms. The van der Waals surface area contributed by atoms with Gasteiger partial charge in [-0.25, -0.2) is 0 Å². The highest BCUT2D eigenvalue weighted by Crippen LogP contribution is 2.45. The SMILES string of the molecule is COc1ccc(C#N)cc1C1(O)C(=O)Nc2ccc(Cl)cc21. The Morgan fingerprint density at radius 3 is 2.73 bits per heavy atom. The third kappa shape index (κ3) is 1.93. The predicted molar refractivity (Wildman–Crippen MR) is 80.8 cm³/mol. The first-order valence-corrected chi connectivity index (χ1v) is 6.81. The van der Waals surface area contributed by atoms with E-state index in [1.807, 2.05) is 6.07 Å². The average Bonchev–Trinajstić information content (AvgIpc) is 2.79. The number of benzene rings is 2. The molecule has 0 radical (unpaired) electrons. The number of nitrogens with one attached hydrogen (secondary N) is 1. The van der Waals surface area contributed by atoms with Crippen molar-refractivity contribution < 1.29 is 14.6 Å². The summed E-state index contributed by atoms with van der Waals surface area (Å²) < 4.78 is 5.23. The number of anilines is 1. The van der Waals surface area contributed by atoms with E-state index >= 15 is 0 Å². The third-order valence-electron chi connectivity index (χ3n) is 3.67. The van der Waals surface area contributed by atoms with Gasteiger partial charge in [0.05, 0.1) is 18.7 Å². The van der Waals surface area contributed by atoms with Crippen molar-refractivity contribution in [3.05, 3.63) is 58.1 Å². The van der Waals surface area contributed by atoms with Gasteiger partial charge in [0.2, 0.25) is 0 Å². The highest BCUT2D eigenvalue weighted by Gasteiger charge is 2.48. The first-order valence-electron chi connectivity index (χ1n) is 6.43. The molecule has 1 aliphatic heterocycles. The van der Waals surface area contributed by atoms with E-state index in [4.69, 9.17) is 21.6 Å². The molecule has 2 N–H and O–H groups in total. The number of hydrogen-bond donors (Lipinski definition) is 2. The molecule has 3 rings (SSSR count). The van der Waals surface area contributed by atoms with E-state index in [0.29, 0.717) is 27.6 Å². The molecular formula is C16H11ClN2O3. The van der Waals surface area contributed by atoms with Crippen LogP contribution in [0.3, 0.4) is 0 Å². The van der Waals surface area contributed by atoms with Gasteiger partial charge in [0.25, 0.3) is 5.91 Å². The van der Waals surface area contributed by atoms with Gasteiger partial charge in [0.15, 0.2) is 5.60 Å². The molecule has 2 aromatic rings. The fourth-order valence-corrected chi connectivity index (χ4v) is 2.76. The standard InChI is InChI=1S/C16H11ClN2O3/c1-22-14-5-2-9(8-18)6-12(14)16(21)11-7-10(17)3-4-13(11)19-15(16)20/h2-7,21H,1H3,(H,19,20). The number of aliphatic hydroxyl groups is 1. The number of methoxy groups -OCH3 is 1. The quantitative estimate of drug-likeness (QED) is 0.891.